The van der Waals surface area contributed by atoms with Gasteiger partial charge in [0.25, 0.3) is 0 Å². The van der Waals surface area contributed by atoms with E-state index >= 15 is 0 Å². The summed E-state index contributed by atoms with van der Waals surface area (Å²) in [5, 5.41) is 8.10. The fourth-order valence-corrected chi connectivity index (χ4v) is 2.50. The number of ether oxygens (including phenoxy) is 1. The zero-order valence-corrected chi connectivity index (χ0v) is 14.6. The molecule has 1 aromatic heterocycles. The normalized spacial score (nSPS) is 10.6. The maximum atomic E-state index is 12.3. The smallest absolute Gasteiger partial charge is 0.247 e. The molecule has 1 heterocycles. The van der Waals surface area contributed by atoms with Gasteiger partial charge in [-0.3, -0.25) is 4.79 Å². The first-order valence-electron chi connectivity index (χ1n) is 8.42. The van der Waals surface area contributed by atoms with Gasteiger partial charge in [0.15, 0.2) is 0 Å². The largest absolute Gasteiger partial charge is 0.497 e. The molecule has 0 aliphatic rings. The van der Waals surface area contributed by atoms with Crippen LogP contribution in [0.4, 0.5) is 0 Å². The molecule has 2 aromatic rings. The number of amides is 1. The number of hydrogen-bond donors (Lipinski definition) is 0. The van der Waals surface area contributed by atoms with Gasteiger partial charge in [0.1, 0.15) is 5.75 Å². The SMILES string of the molecule is CCCN(CCC)C(=O)CCc1nnc(-c2cccc(OC)c2)o1. The molecular weight excluding hydrogens is 306 g/mol. The van der Waals surface area contributed by atoms with E-state index in [1.165, 1.54) is 0 Å². The second-order valence-corrected chi connectivity index (χ2v) is 5.61. The van der Waals surface area contributed by atoms with Crippen LogP contribution in [0.15, 0.2) is 28.7 Å². The lowest BCUT2D eigenvalue weighted by molar-refractivity contribution is -0.131. The van der Waals surface area contributed by atoms with E-state index in [9.17, 15) is 4.79 Å². The molecule has 0 N–H and O–H groups in total. The van der Waals surface area contributed by atoms with E-state index in [1.54, 1.807) is 7.11 Å². The van der Waals surface area contributed by atoms with E-state index in [-0.39, 0.29) is 5.91 Å². The number of carbonyl (C=O) groups excluding carboxylic acids is 1. The molecule has 0 aliphatic carbocycles. The van der Waals surface area contributed by atoms with Gasteiger partial charge in [0, 0.05) is 31.5 Å². The maximum Gasteiger partial charge on any atom is 0.247 e. The summed E-state index contributed by atoms with van der Waals surface area (Å²) < 4.78 is 10.9. The minimum atomic E-state index is 0.139. The molecule has 2 rings (SSSR count). The first-order chi connectivity index (χ1) is 11.7. The van der Waals surface area contributed by atoms with Crippen LogP contribution in [-0.4, -0.2) is 41.2 Å². The monoisotopic (exact) mass is 331 g/mol. The number of aromatic nitrogens is 2. The summed E-state index contributed by atoms with van der Waals surface area (Å²) in [6.45, 7) is 5.75. The van der Waals surface area contributed by atoms with Crippen LogP contribution in [0.5, 0.6) is 5.75 Å². The first-order valence-corrected chi connectivity index (χ1v) is 8.42. The Morgan fingerprint density at radius 2 is 1.96 bits per heavy atom. The van der Waals surface area contributed by atoms with Crippen LogP contribution < -0.4 is 4.74 Å². The van der Waals surface area contributed by atoms with Crippen LogP contribution >= 0.6 is 0 Å². The van der Waals surface area contributed by atoms with Gasteiger partial charge >= 0.3 is 0 Å². The number of nitrogens with zero attached hydrogens (tertiary/aromatic N) is 3. The zero-order chi connectivity index (χ0) is 17.4. The quantitative estimate of drug-likeness (QED) is 0.705. The molecule has 0 fully saturated rings. The highest BCUT2D eigenvalue weighted by molar-refractivity contribution is 5.76. The second-order valence-electron chi connectivity index (χ2n) is 5.61. The third-order valence-electron chi connectivity index (χ3n) is 3.68. The lowest BCUT2D eigenvalue weighted by atomic mass is 10.2. The van der Waals surface area contributed by atoms with Crippen molar-refractivity contribution in [3.63, 3.8) is 0 Å². The van der Waals surface area contributed by atoms with Crippen molar-refractivity contribution in [1.29, 1.82) is 0 Å². The van der Waals surface area contributed by atoms with Gasteiger partial charge in [-0.15, -0.1) is 10.2 Å². The van der Waals surface area contributed by atoms with Crippen molar-refractivity contribution in [1.82, 2.24) is 15.1 Å². The van der Waals surface area contributed by atoms with Crippen molar-refractivity contribution >= 4 is 5.91 Å². The summed E-state index contributed by atoms with van der Waals surface area (Å²) in [5.41, 5.74) is 0.804. The molecule has 0 saturated heterocycles. The highest BCUT2D eigenvalue weighted by Gasteiger charge is 2.15. The summed E-state index contributed by atoms with van der Waals surface area (Å²) in [4.78, 5) is 14.2. The summed E-state index contributed by atoms with van der Waals surface area (Å²) >= 11 is 0. The van der Waals surface area contributed by atoms with Crippen LogP contribution in [-0.2, 0) is 11.2 Å². The Bertz CT molecular complexity index is 648. The Morgan fingerprint density at radius 3 is 2.62 bits per heavy atom. The van der Waals surface area contributed by atoms with Crippen molar-refractivity contribution < 1.29 is 13.9 Å². The van der Waals surface area contributed by atoms with Gasteiger partial charge in [-0.05, 0) is 31.0 Å². The molecular formula is C18H25N3O3. The van der Waals surface area contributed by atoms with Gasteiger partial charge < -0.3 is 14.1 Å². The predicted octanol–water partition coefficient (Wildman–Crippen LogP) is 3.33. The topological polar surface area (TPSA) is 68.5 Å². The van der Waals surface area contributed by atoms with Crippen LogP contribution in [0.25, 0.3) is 11.5 Å². The Kier molecular flexibility index (Phi) is 6.78. The van der Waals surface area contributed by atoms with E-state index in [1.807, 2.05) is 29.2 Å². The zero-order valence-electron chi connectivity index (χ0n) is 14.6. The van der Waals surface area contributed by atoms with E-state index < -0.39 is 0 Å². The van der Waals surface area contributed by atoms with Gasteiger partial charge in [-0.25, -0.2) is 0 Å². The summed E-state index contributed by atoms with van der Waals surface area (Å²) in [7, 11) is 1.61. The van der Waals surface area contributed by atoms with Crippen molar-refractivity contribution in [3.8, 4) is 17.2 Å². The molecule has 0 spiro atoms. The average Bonchev–Trinajstić information content (AvgIpc) is 3.08. The second kappa shape index (κ2) is 9.05. The van der Waals surface area contributed by atoms with Gasteiger partial charge in [0.2, 0.25) is 17.7 Å². The minimum Gasteiger partial charge on any atom is -0.497 e. The van der Waals surface area contributed by atoms with Gasteiger partial charge in [-0.2, -0.15) is 0 Å². The standard InChI is InChI=1S/C18H25N3O3/c1-4-11-21(12-5-2)17(22)10-9-16-19-20-18(24-16)14-7-6-8-15(13-14)23-3/h6-8,13H,4-5,9-12H2,1-3H3. The number of methoxy groups -OCH3 is 1. The van der Waals surface area contributed by atoms with Crippen molar-refractivity contribution in [2.45, 2.75) is 39.5 Å². The Labute approximate surface area is 142 Å². The molecule has 0 unspecified atom stereocenters. The Hall–Kier alpha value is -2.37. The highest BCUT2D eigenvalue weighted by Crippen LogP contribution is 2.22. The van der Waals surface area contributed by atoms with Gasteiger partial charge in [0.05, 0.1) is 7.11 Å². The first kappa shape index (κ1) is 18.0. The van der Waals surface area contributed by atoms with Crippen LogP contribution in [0.3, 0.4) is 0 Å². The minimum absolute atomic E-state index is 0.139. The van der Waals surface area contributed by atoms with Crippen LogP contribution in [0.1, 0.15) is 39.0 Å². The third-order valence-corrected chi connectivity index (χ3v) is 3.68. The molecule has 0 saturated carbocycles. The van der Waals surface area contributed by atoms with Crippen LogP contribution in [0, 0.1) is 0 Å². The fourth-order valence-electron chi connectivity index (χ4n) is 2.50. The molecule has 130 valence electrons. The number of benzene rings is 1. The van der Waals surface area contributed by atoms with E-state index in [2.05, 4.69) is 24.0 Å². The van der Waals surface area contributed by atoms with Crippen molar-refractivity contribution in [2.75, 3.05) is 20.2 Å². The molecule has 0 atom stereocenters. The molecule has 0 bridgehead atoms. The maximum absolute atomic E-state index is 12.3. The molecule has 0 radical (unpaired) electrons. The average molecular weight is 331 g/mol. The summed E-state index contributed by atoms with van der Waals surface area (Å²) in [5.74, 6) is 1.79. The Balaban J connectivity index is 1.97. The lowest BCUT2D eigenvalue weighted by Gasteiger charge is -2.21. The third kappa shape index (κ3) is 4.81. The molecule has 0 aliphatic heterocycles. The number of hydrogen-bond acceptors (Lipinski definition) is 5. The Morgan fingerprint density at radius 1 is 1.21 bits per heavy atom. The molecule has 6 nitrogen and oxygen atoms in total. The van der Waals surface area contributed by atoms with E-state index in [0.717, 1.165) is 37.2 Å². The van der Waals surface area contributed by atoms with Gasteiger partial charge in [-0.1, -0.05) is 19.9 Å². The predicted molar refractivity (Wildman–Crippen MR) is 91.8 cm³/mol. The number of rotatable bonds is 9. The van der Waals surface area contributed by atoms with Crippen molar-refractivity contribution in [2.24, 2.45) is 0 Å². The number of aryl methyl sites for hydroxylation is 1. The number of carbonyl (C=O) groups is 1. The molecule has 1 aromatic carbocycles. The van der Waals surface area contributed by atoms with E-state index in [4.69, 9.17) is 9.15 Å². The highest BCUT2D eigenvalue weighted by atomic mass is 16.5. The molecule has 24 heavy (non-hydrogen) atoms. The molecule has 1 amide bonds. The van der Waals surface area contributed by atoms with Crippen LogP contribution in [0.2, 0.25) is 0 Å². The summed E-state index contributed by atoms with van der Waals surface area (Å²) in [6, 6.07) is 7.45. The summed E-state index contributed by atoms with van der Waals surface area (Å²) in [6.07, 6.45) is 2.78. The lowest BCUT2D eigenvalue weighted by Crippen LogP contribution is -2.32. The molecule has 6 heteroatoms. The fraction of sp³-hybridized carbons (Fsp3) is 0.500. The van der Waals surface area contributed by atoms with E-state index in [0.29, 0.717) is 24.6 Å². The van der Waals surface area contributed by atoms with Crippen molar-refractivity contribution in [3.05, 3.63) is 30.2 Å².